The molecule has 0 aliphatic heterocycles. The molecule has 1 heterocycles. The van der Waals surface area contributed by atoms with Gasteiger partial charge in [-0.1, -0.05) is 27.7 Å². The van der Waals surface area contributed by atoms with E-state index >= 15 is 0 Å². The summed E-state index contributed by atoms with van der Waals surface area (Å²) in [6, 6.07) is 0.388. The van der Waals surface area contributed by atoms with Gasteiger partial charge in [-0.15, -0.1) is 0 Å². The summed E-state index contributed by atoms with van der Waals surface area (Å²) in [6.07, 6.45) is 3.69. The minimum Gasteiger partial charge on any atom is -0.395 e. The lowest BCUT2D eigenvalue weighted by atomic mass is 10.0. The molecule has 0 saturated heterocycles. The molecule has 5 nitrogen and oxygen atoms in total. The standard InChI is InChI=1S/C16H30N4O/c1-6-13(7-2)20(9-10-21)16-14(12(4)5)15(17-8-3)18-11-19-16/h11-13,21H,6-10H2,1-5H3,(H,17,18,19). The second-order valence-corrected chi connectivity index (χ2v) is 5.53. The van der Waals surface area contributed by atoms with Crippen LogP contribution in [0.1, 0.15) is 58.9 Å². The zero-order valence-corrected chi connectivity index (χ0v) is 14.1. The van der Waals surface area contributed by atoms with Crippen LogP contribution in [0.25, 0.3) is 0 Å². The van der Waals surface area contributed by atoms with Crippen LogP contribution >= 0.6 is 0 Å². The fourth-order valence-electron chi connectivity index (χ4n) is 2.75. The molecule has 0 atom stereocenters. The zero-order chi connectivity index (χ0) is 15.8. The first-order valence-corrected chi connectivity index (χ1v) is 8.06. The molecule has 1 aromatic rings. The maximum absolute atomic E-state index is 9.44. The summed E-state index contributed by atoms with van der Waals surface area (Å²) in [6.45, 7) is 12.3. The summed E-state index contributed by atoms with van der Waals surface area (Å²) in [5.41, 5.74) is 1.14. The van der Waals surface area contributed by atoms with Crippen LogP contribution in [0.15, 0.2) is 6.33 Å². The molecule has 120 valence electrons. The molecule has 2 N–H and O–H groups in total. The van der Waals surface area contributed by atoms with Gasteiger partial charge in [0, 0.05) is 24.7 Å². The van der Waals surface area contributed by atoms with E-state index in [-0.39, 0.29) is 6.61 Å². The highest BCUT2D eigenvalue weighted by Crippen LogP contribution is 2.32. The van der Waals surface area contributed by atoms with E-state index in [9.17, 15) is 5.11 Å². The number of aromatic nitrogens is 2. The minimum atomic E-state index is 0.134. The van der Waals surface area contributed by atoms with E-state index in [1.54, 1.807) is 6.33 Å². The molecule has 0 unspecified atom stereocenters. The Kier molecular flexibility index (Phi) is 7.43. The van der Waals surface area contributed by atoms with Crippen LogP contribution in [0.4, 0.5) is 11.6 Å². The Balaban J connectivity index is 3.32. The third-order valence-electron chi connectivity index (χ3n) is 3.78. The van der Waals surface area contributed by atoms with Crippen molar-refractivity contribution < 1.29 is 5.11 Å². The molecule has 0 aliphatic carbocycles. The Hall–Kier alpha value is -1.36. The van der Waals surface area contributed by atoms with Gasteiger partial charge >= 0.3 is 0 Å². The maximum atomic E-state index is 9.44. The first-order chi connectivity index (χ1) is 10.1. The molecule has 0 fully saturated rings. The van der Waals surface area contributed by atoms with Crippen LogP contribution in [0.3, 0.4) is 0 Å². The third kappa shape index (κ3) is 4.30. The number of aliphatic hydroxyl groups excluding tert-OH is 1. The van der Waals surface area contributed by atoms with Crippen LogP contribution in [0.2, 0.25) is 0 Å². The molecular weight excluding hydrogens is 264 g/mol. The van der Waals surface area contributed by atoms with E-state index in [4.69, 9.17) is 0 Å². The van der Waals surface area contributed by atoms with E-state index in [1.807, 2.05) is 0 Å². The Morgan fingerprint density at radius 3 is 2.33 bits per heavy atom. The molecule has 5 heteroatoms. The molecule has 0 aliphatic rings. The van der Waals surface area contributed by atoms with Crippen LogP contribution in [-0.4, -0.2) is 40.8 Å². The zero-order valence-electron chi connectivity index (χ0n) is 14.1. The number of anilines is 2. The molecule has 0 aromatic carbocycles. The topological polar surface area (TPSA) is 61.3 Å². The third-order valence-corrected chi connectivity index (χ3v) is 3.78. The van der Waals surface area contributed by atoms with Crippen molar-refractivity contribution in [3.8, 4) is 0 Å². The lowest BCUT2D eigenvalue weighted by molar-refractivity contribution is 0.295. The molecule has 21 heavy (non-hydrogen) atoms. The number of rotatable bonds is 9. The van der Waals surface area contributed by atoms with Crippen LogP contribution in [0, 0.1) is 0 Å². The van der Waals surface area contributed by atoms with Crippen molar-refractivity contribution in [1.82, 2.24) is 9.97 Å². The van der Waals surface area contributed by atoms with Crippen molar-refractivity contribution in [2.75, 3.05) is 29.9 Å². The van der Waals surface area contributed by atoms with Crippen molar-refractivity contribution in [3.63, 3.8) is 0 Å². The van der Waals surface area contributed by atoms with Gasteiger partial charge in [-0.2, -0.15) is 0 Å². The van der Waals surface area contributed by atoms with Gasteiger partial charge < -0.3 is 15.3 Å². The predicted molar refractivity (Wildman–Crippen MR) is 89.1 cm³/mol. The number of hydrogen-bond acceptors (Lipinski definition) is 5. The highest BCUT2D eigenvalue weighted by Gasteiger charge is 2.23. The van der Waals surface area contributed by atoms with Crippen molar-refractivity contribution >= 4 is 11.6 Å². The SMILES string of the molecule is CCNc1ncnc(N(CCO)C(CC)CC)c1C(C)C. The van der Waals surface area contributed by atoms with E-state index in [0.29, 0.717) is 18.5 Å². The summed E-state index contributed by atoms with van der Waals surface area (Å²) in [5.74, 6) is 2.19. The average Bonchev–Trinajstić information content (AvgIpc) is 2.47. The second-order valence-electron chi connectivity index (χ2n) is 5.53. The van der Waals surface area contributed by atoms with E-state index < -0.39 is 0 Å². The quantitative estimate of drug-likeness (QED) is 0.733. The van der Waals surface area contributed by atoms with Gasteiger partial charge in [0.25, 0.3) is 0 Å². The summed E-state index contributed by atoms with van der Waals surface area (Å²) in [5, 5.41) is 12.8. The molecule has 1 rings (SSSR count). The summed E-state index contributed by atoms with van der Waals surface area (Å²) in [7, 11) is 0. The number of hydrogen-bond donors (Lipinski definition) is 2. The number of nitrogens with one attached hydrogen (secondary N) is 1. The van der Waals surface area contributed by atoms with Crippen molar-refractivity contribution in [2.45, 2.75) is 59.4 Å². The fraction of sp³-hybridized carbons (Fsp3) is 0.750. The lowest BCUT2D eigenvalue weighted by Crippen LogP contribution is -2.38. The van der Waals surface area contributed by atoms with E-state index in [2.05, 4.69) is 54.8 Å². The maximum Gasteiger partial charge on any atom is 0.137 e. The Bertz CT molecular complexity index is 419. The monoisotopic (exact) mass is 294 g/mol. The highest BCUT2D eigenvalue weighted by atomic mass is 16.3. The smallest absolute Gasteiger partial charge is 0.137 e. The molecule has 0 saturated carbocycles. The van der Waals surface area contributed by atoms with Gasteiger partial charge in [0.1, 0.15) is 18.0 Å². The van der Waals surface area contributed by atoms with Crippen molar-refractivity contribution in [1.29, 1.82) is 0 Å². The fourth-order valence-corrected chi connectivity index (χ4v) is 2.75. The molecule has 0 spiro atoms. The minimum absolute atomic E-state index is 0.134. The molecule has 0 bridgehead atoms. The van der Waals surface area contributed by atoms with Gasteiger partial charge in [0.2, 0.25) is 0 Å². The van der Waals surface area contributed by atoms with Gasteiger partial charge in [0.15, 0.2) is 0 Å². The molecular formula is C16H30N4O. The largest absolute Gasteiger partial charge is 0.395 e. The Morgan fingerprint density at radius 1 is 1.19 bits per heavy atom. The van der Waals surface area contributed by atoms with Crippen LogP contribution in [-0.2, 0) is 0 Å². The highest BCUT2D eigenvalue weighted by molar-refractivity contribution is 5.60. The summed E-state index contributed by atoms with van der Waals surface area (Å²) in [4.78, 5) is 11.2. The summed E-state index contributed by atoms with van der Waals surface area (Å²) < 4.78 is 0. The first-order valence-electron chi connectivity index (χ1n) is 8.06. The van der Waals surface area contributed by atoms with Crippen LogP contribution in [0.5, 0.6) is 0 Å². The van der Waals surface area contributed by atoms with Gasteiger partial charge in [-0.3, -0.25) is 0 Å². The summed E-state index contributed by atoms with van der Waals surface area (Å²) >= 11 is 0. The Labute approximate surface area is 128 Å². The molecule has 1 aromatic heterocycles. The van der Waals surface area contributed by atoms with Crippen molar-refractivity contribution in [3.05, 3.63) is 11.9 Å². The Morgan fingerprint density at radius 2 is 1.86 bits per heavy atom. The molecule has 0 amide bonds. The van der Waals surface area contributed by atoms with Crippen LogP contribution < -0.4 is 10.2 Å². The van der Waals surface area contributed by atoms with Crippen molar-refractivity contribution in [2.24, 2.45) is 0 Å². The number of aliphatic hydroxyl groups is 1. The van der Waals surface area contributed by atoms with E-state index in [0.717, 1.165) is 36.6 Å². The molecule has 0 radical (unpaired) electrons. The first kappa shape index (κ1) is 17.7. The van der Waals surface area contributed by atoms with Gasteiger partial charge in [0.05, 0.1) is 6.61 Å². The van der Waals surface area contributed by atoms with Gasteiger partial charge in [-0.05, 0) is 25.7 Å². The average molecular weight is 294 g/mol. The normalized spacial score (nSPS) is 11.2. The lowest BCUT2D eigenvalue weighted by Gasteiger charge is -2.33. The predicted octanol–water partition coefficient (Wildman–Crippen LogP) is 3.02. The van der Waals surface area contributed by atoms with E-state index in [1.165, 1.54) is 0 Å². The number of nitrogens with zero attached hydrogens (tertiary/aromatic N) is 3. The van der Waals surface area contributed by atoms with Gasteiger partial charge in [-0.25, -0.2) is 9.97 Å². The second kappa shape index (κ2) is 8.82.